The van der Waals surface area contributed by atoms with Crippen molar-refractivity contribution in [2.45, 2.75) is 37.8 Å². The molecule has 0 aromatic heterocycles. The van der Waals surface area contributed by atoms with Crippen LogP contribution in [0.15, 0.2) is 48.5 Å². The monoisotopic (exact) mass is 364 g/mol. The SMILES string of the molecule is CCO[C@@H]1c2ccccc2C[C@H]1NC(=O)[C@H]1CC(=O)N(C)c2ccccc21. The van der Waals surface area contributed by atoms with Crippen molar-refractivity contribution in [3.63, 3.8) is 0 Å². The summed E-state index contributed by atoms with van der Waals surface area (Å²) in [6.45, 7) is 2.55. The van der Waals surface area contributed by atoms with Crippen molar-refractivity contribution < 1.29 is 14.3 Å². The lowest BCUT2D eigenvalue weighted by molar-refractivity contribution is -0.128. The van der Waals surface area contributed by atoms with Crippen molar-refractivity contribution in [1.82, 2.24) is 5.32 Å². The van der Waals surface area contributed by atoms with Gasteiger partial charge in [0.2, 0.25) is 11.8 Å². The normalized spacial score (nSPS) is 23.7. The fourth-order valence-electron chi connectivity index (χ4n) is 4.23. The van der Waals surface area contributed by atoms with Crippen molar-refractivity contribution in [3.8, 4) is 0 Å². The number of rotatable bonds is 4. The van der Waals surface area contributed by atoms with Gasteiger partial charge in [0, 0.05) is 25.8 Å². The maximum Gasteiger partial charge on any atom is 0.228 e. The lowest BCUT2D eigenvalue weighted by Crippen LogP contribution is -2.44. The van der Waals surface area contributed by atoms with Gasteiger partial charge in [-0.3, -0.25) is 9.59 Å². The minimum Gasteiger partial charge on any atom is -0.372 e. The van der Waals surface area contributed by atoms with E-state index in [2.05, 4.69) is 17.4 Å². The molecule has 0 unspecified atom stereocenters. The predicted molar refractivity (Wildman–Crippen MR) is 104 cm³/mol. The first kappa shape index (κ1) is 17.7. The first-order chi connectivity index (χ1) is 13.1. The number of hydrogen-bond acceptors (Lipinski definition) is 3. The van der Waals surface area contributed by atoms with Gasteiger partial charge in [-0.05, 0) is 36.1 Å². The molecule has 0 spiro atoms. The molecular formula is C22H24N2O3. The standard InChI is InChI=1S/C22H24N2O3/c1-3-27-21-15-9-5-4-8-14(15)12-18(21)23-22(26)17-13-20(25)24(2)19-11-7-6-10-16(17)19/h4-11,17-18,21H,3,12-13H2,1-2H3,(H,23,26)/t17-,18+,21+/m0/s1. The van der Waals surface area contributed by atoms with Crippen LogP contribution in [0.25, 0.3) is 0 Å². The first-order valence-corrected chi connectivity index (χ1v) is 9.45. The van der Waals surface area contributed by atoms with Gasteiger partial charge in [-0.1, -0.05) is 42.5 Å². The van der Waals surface area contributed by atoms with Crippen molar-refractivity contribution in [1.29, 1.82) is 0 Å². The van der Waals surface area contributed by atoms with Crippen LogP contribution in [0.1, 0.15) is 42.1 Å². The molecule has 2 aromatic rings. The Kier molecular flexibility index (Phi) is 4.70. The number of nitrogens with zero attached hydrogens (tertiary/aromatic N) is 1. The van der Waals surface area contributed by atoms with Crippen LogP contribution in [0.5, 0.6) is 0 Å². The number of anilines is 1. The summed E-state index contributed by atoms with van der Waals surface area (Å²) in [5.74, 6) is -0.604. The van der Waals surface area contributed by atoms with E-state index in [1.165, 1.54) is 5.56 Å². The number of fused-ring (bicyclic) bond motifs is 2. The molecule has 140 valence electrons. The van der Waals surface area contributed by atoms with E-state index in [4.69, 9.17) is 4.74 Å². The maximum absolute atomic E-state index is 13.1. The number of nitrogens with one attached hydrogen (secondary N) is 1. The topological polar surface area (TPSA) is 58.6 Å². The van der Waals surface area contributed by atoms with E-state index in [0.717, 1.165) is 23.2 Å². The van der Waals surface area contributed by atoms with Gasteiger partial charge in [-0.15, -0.1) is 0 Å². The highest BCUT2D eigenvalue weighted by Gasteiger charge is 2.38. The minimum absolute atomic E-state index is 0.0371. The molecule has 0 fully saturated rings. The summed E-state index contributed by atoms with van der Waals surface area (Å²) in [6, 6.07) is 15.7. The van der Waals surface area contributed by atoms with Crippen LogP contribution in [-0.2, 0) is 20.7 Å². The zero-order chi connectivity index (χ0) is 19.0. The first-order valence-electron chi connectivity index (χ1n) is 9.45. The van der Waals surface area contributed by atoms with Gasteiger partial charge >= 0.3 is 0 Å². The minimum atomic E-state index is -0.462. The highest BCUT2D eigenvalue weighted by Crippen LogP contribution is 2.37. The molecule has 5 heteroatoms. The Bertz CT molecular complexity index is 879. The zero-order valence-corrected chi connectivity index (χ0v) is 15.6. The van der Waals surface area contributed by atoms with Crippen LogP contribution in [0.3, 0.4) is 0 Å². The summed E-state index contributed by atoms with van der Waals surface area (Å²) < 4.78 is 5.95. The van der Waals surface area contributed by atoms with Gasteiger partial charge in [-0.25, -0.2) is 0 Å². The van der Waals surface area contributed by atoms with Crippen molar-refractivity contribution in [2.75, 3.05) is 18.6 Å². The third-order valence-electron chi connectivity index (χ3n) is 5.58. The fourth-order valence-corrected chi connectivity index (χ4v) is 4.23. The van der Waals surface area contributed by atoms with E-state index in [1.54, 1.807) is 11.9 Å². The Morgan fingerprint density at radius 2 is 1.81 bits per heavy atom. The van der Waals surface area contributed by atoms with Gasteiger partial charge in [0.1, 0.15) is 6.10 Å². The third kappa shape index (κ3) is 3.12. The number of para-hydroxylation sites is 1. The van der Waals surface area contributed by atoms with E-state index in [9.17, 15) is 9.59 Å². The summed E-state index contributed by atoms with van der Waals surface area (Å²) in [5, 5.41) is 3.17. The number of ether oxygens (including phenoxy) is 1. The Labute approximate surface area is 159 Å². The number of carbonyl (C=O) groups excluding carboxylic acids is 2. The van der Waals surface area contributed by atoms with Crippen LogP contribution in [0.2, 0.25) is 0 Å². The van der Waals surface area contributed by atoms with Gasteiger partial charge in [0.05, 0.1) is 12.0 Å². The summed E-state index contributed by atoms with van der Waals surface area (Å²) in [4.78, 5) is 27.1. The van der Waals surface area contributed by atoms with Crippen LogP contribution in [0, 0.1) is 0 Å². The largest absolute Gasteiger partial charge is 0.372 e. The molecule has 0 bridgehead atoms. The second-order valence-corrected chi connectivity index (χ2v) is 7.16. The maximum atomic E-state index is 13.1. The Hall–Kier alpha value is -2.66. The van der Waals surface area contributed by atoms with Crippen LogP contribution < -0.4 is 10.2 Å². The molecule has 0 saturated heterocycles. The predicted octanol–water partition coefficient (Wildman–Crippen LogP) is 2.96. The van der Waals surface area contributed by atoms with E-state index in [1.807, 2.05) is 43.3 Å². The number of amides is 2. The molecule has 1 aliphatic heterocycles. The van der Waals surface area contributed by atoms with E-state index in [-0.39, 0.29) is 30.4 Å². The molecule has 3 atom stereocenters. The lowest BCUT2D eigenvalue weighted by atomic mass is 9.88. The van der Waals surface area contributed by atoms with E-state index < -0.39 is 5.92 Å². The Balaban J connectivity index is 1.58. The molecule has 1 heterocycles. The highest BCUT2D eigenvalue weighted by atomic mass is 16.5. The van der Waals surface area contributed by atoms with Crippen LogP contribution in [-0.4, -0.2) is 31.5 Å². The molecule has 2 amide bonds. The van der Waals surface area contributed by atoms with Gasteiger partial charge in [-0.2, -0.15) is 0 Å². The van der Waals surface area contributed by atoms with Gasteiger partial charge in [0.25, 0.3) is 0 Å². The fraction of sp³-hybridized carbons (Fsp3) is 0.364. The molecular weight excluding hydrogens is 340 g/mol. The van der Waals surface area contributed by atoms with Crippen molar-refractivity contribution in [3.05, 3.63) is 65.2 Å². The molecule has 5 nitrogen and oxygen atoms in total. The molecule has 27 heavy (non-hydrogen) atoms. The third-order valence-corrected chi connectivity index (χ3v) is 5.58. The lowest BCUT2D eigenvalue weighted by Gasteiger charge is -2.32. The molecule has 2 aromatic carbocycles. The molecule has 0 radical (unpaired) electrons. The summed E-state index contributed by atoms with van der Waals surface area (Å²) >= 11 is 0. The molecule has 1 N–H and O–H groups in total. The molecule has 1 aliphatic carbocycles. The summed E-state index contributed by atoms with van der Waals surface area (Å²) in [6.07, 6.45) is 0.792. The second kappa shape index (κ2) is 7.16. The highest BCUT2D eigenvalue weighted by molar-refractivity contribution is 6.02. The van der Waals surface area contributed by atoms with E-state index >= 15 is 0 Å². The Morgan fingerprint density at radius 3 is 2.59 bits per heavy atom. The van der Waals surface area contributed by atoms with Crippen molar-refractivity contribution in [2.24, 2.45) is 0 Å². The summed E-state index contributed by atoms with van der Waals surface area (Å²) in [7, 11) is 1.76. The van der Waals surface area contributed by atoms with Gasteiger partial charge in [0.15, 0.2) is 0 Å². The van der Waals surface area contributed by atoms with Crippen LogP contribution >= 0.6 is 0 Å². The quantitative estimate of drug-likeness (QED) is 0.907. The second-order valence-electron chi connectivity index (χ2n) is 7.16. The van der Waals surface area contributed by atoms with Crippen molar-refractivity contribution >= 4 is 17.5 Å². The average Bonchev–Trinajstić information content (AvgIpc) is 3.02. The van der Waals surface area contributed by atoms with E-state index in [0.29, 0.717) is 6.61 Å². The molecule has 4 rings (SSSR count). The smallest absolute Gasteiger partial charge is 0.228 e. The summed E-state index contributed by atoms with van der Waals surface area (Å²) in [5.41, 5.74) is 4.07. The molecule has 2 aliphatic rings. The van der Waals surface area contributed by atoms with Gasteiger partial charge < -0.3 is 15.0 Å². The number of carbonyl (C=O) groups is 2. The Morgan fingerprint density at radius 1 is 1.11 bits per heavy atom. The average molecular weight is 364 g/mol. The molecule has 0 saturated carbocycles. The zero-order valence-electron chi connectivity index (χ0n) is 15.6. The number of hydrogen-bond donors (Lipinski definition) is 1. The van der Waals surface area contributed by atoms with Crippen LogP contribution in [0.4, 0.5) is 5.69 Å². The number of benzene rings is 2.